The van der Waals surface area contributed by atoms with E-state index in [0.29, 0.717) is 12.0 Å². The van der Waals surface area contributed by atoms with E-state index in [2.05, 4.69) is 24.1 Å². The fourth-order valence-electron chi connectivity index (χ4n) is 3.40. The summed E-state index contributed by atoms with van der Waals surface area (Å²) in [5.41, 5.74) is 6.18. The molecule has 0 aliphatic carbocycles. The highest BCUT2D eigenvalue weighted by atomic mass is 16.1. The predicted octanol–water partition coefficient (Wildman–Crippen LogP) is 1.71. The van der Waals surface area contributed by atoms with Crippen LogP contribution in [0, 0.1) is 5.41 Å². The first-order valence-corrected chi connectivity index (χ1v) is 7.66. The standard InChI is InChI=1S/C17H27N3O/c1-16(2)10-7-11-20(12-16)13-17(19-3,15(18)21)14-8-5-4-6-9-14/h4-6,8-9,19H,7,10-13H2,1-3H3,(H2,18,21). The van der Waals surface area contributed by atoms with Crippen LogP contribution in [-0.4, -0.2) is 37.5 Å². The number of nitrogens with one attached hydrogen (secondary N) is 1. The van der Waals surface area contributed by atoms with Crippen LogP contribution < -0.4 is 11.1 Å². The molecular weight excluding hydrogens is 262 g/mol. The van der Waals surface area contributed by atoms with Crippen LogP contribution in [0.3, 0.4) is 0 Å². The Morgan fingerprint density at radius 2 is 2.05 bits per heavy atom. The summed E-state index contributed by atoms with van der Waals surface area (Å²) in [7, 11) is 1.81. The zero-order valence-electron chi connectivity index (χ0n) is 13.4. The molecule has 1 aromatic carbocycles. The van der Waals surface area contributed by atoms with Crippen LogP contribution >= 0.6 is 0 Å². The minimum Gasteiger partial charge on any atom is -0.368 e. The summed E-state index contributed by atoms with van der Waals surface area (Å²) in [4.78, 5) is 14.6. The van der Waals surface area contributed by atoms with Crippen molar-refractivity contribution in [1.82, 2.24) is 10.2 Å². The largest absolute Gasteiger partial charge is 0.368 e. The molecule has 0 bridgehead atoms. The van der Waals surface area contributed by atoms with Gasteiger partial charge in [0.2, 0.25) is 5.91 Å². The molecule has 0 spiro atoms. The third-order valence-electron chi connectivity index (χ3n) is 4.55. The van der Waals surface area contributed by atoms with Crippen LogP contribution in [0.2, 0.25) is 0 Å². The topological polar surface area (TPSA) is 58.4 Å². The molecule has 1 heterocycles. The highest BCUT2D eigenvalue weighted by molar-refractivity contribution is 5.86. The highest BCUT2D eigenvalue weighted by Crippen LogP contribution is 2.31. The molecule has 0 saturated carbocycles. The molecule has 116 valence electrons. The van der Waals surface area contributed by atoms with Crippen molar-refractivity contribution >= 4 is 5.91 Å². The number of likely N-dealkylation sites (tertiary alicyclic amines) is 1. The first-order valence-electron chi connectivity index (χ1n) is 7.66. The number of carbonyl (C=O) groups is 1. The molecule has 1 fully saturated rings. The van der Waals surface area contributed by atoms with Crippen LogP contribution in [0.15, 0.2) is 30.3 Å². The molecular formula is C17H27N3O. The molecule has 3 N–H and O–H groups in total. The van der Waals surface area contributed by atoms with Gasteiger partial charge in [0, 0.05) is 13.1 Å². The average Bonchev–Trinajstić information content (AvgIpc) is 2.44. The van der Waals surface area contributed by atoms with Crippen molar-refractivity contribution in [2.45, 2.75) is 32.2 Å². The number of primary amides is 1. The minimum absolute atomic E-state index is 0.298. The van der Waals surface area contributed by atoms with Gasteiger partial charge in [-0.3, -0.25) is 4.79 Å². The monoisotopic (exact) mass is 289 g/mol. The molecule has 0 aromatic heterocycles. The van der Waals surface area contributed by atoms with E-state index in [1.807, 2.05) is 37.4 Å². The molecule has 21 heavy (non-hydrogen) atoms. The quantitative estimate of drug-likeness (QED) is 0.867. The Labute approximate surface area is 127 Å². The molecule has 2 rings (SSSR count). The molecule has 4 nitrogen and oxygen atoms in total. The molecule has 1 aliphatic rings. The van der Waals surface area contributed by atoms with Crippen LogP contribution in [-0.2, 0) is 10.3 Å². The first kappa shape index (κ1) is 16.0. The summed E-state index contributed by atoms with van der Waals surface area (Å²) < 4.78 is 0. The van der Waals surface area contributed by atoms with E-state index in [-0.39, 0.29) is 5.91 Å². The molecule has 0 radical (unpaired) electrons. The van der Waals surface area contributed by atoms with Crippen molar-refractivity contribution in [3.63, 3.8) is 0 Å². The number of carbonyl (C=O) groups excluding carboxylic acids is 1. The first-order chi connectivity index (χ1) is 9.89. The van der Waals surface area contributed by atoms with Gasteiger partial charge in [-0.15, -0.1) is 0 Å². The number of hydrogen-bond acceptors (Lipinski definition) is 3. The van der Waals surface area contributed by atoms with Crippen LogP contribution in [0.1, 0.15) is 32.3 Å². The van der Waals surface area contributed by atoms with E-state index in [0.717, 1.165) is 18.7 Å². The third-order valence-corrected chi connectivity index (χ3v) is 4.55. The lowest BCUT2D eigenvalue weighted by Crippen LogP contribution is -2.59. The average molecular weight is 289 g/mol. The minimum atomic E-state index is -0.825. The van der Waals surface area contributed by atoms with Gasteiger partial charge in [0.05, 0.1) is 0 Å². The van der Waals surface area contributed by atoms with Gasteiger partial charge in [-0.2, -0.15) is 0 Å². The maximum absolute atomic E-state index is 12.2. The molecule has 1 atom stereocenters. The number of amides is 1. The van der Waals surface area contributed by atoms with Gasteiger partial charge >= 0.3 is 0 Å². The fourth-order valence-corrected chi connectivity index (χ4v) is 3.40. The molecule has 1 amide bonds. The van der Waals surface area contributed by atoms with E-state index in [1.54, 1.807) is 0 Å². The van der Waals surface area contributed by atoms with E-state index < -0.39 is 5.54 Å². The summed E-state index contributed by atoms with van der Waals surface area (Å²) in [6, 6.07) is 9.79. The maximum Gasteiger partial charge on any atom is 0.243 e. The number of piperidine rings is 1. The number of rotatable bonds is 5. The summed E-state index contributed by atoms with van der Waals surface area (Å²) in [5.74, 6) is -0.320. The van der Waals surface area contributed by atoms with E-state index in [1.165, 1.54) is 12.8 Å². The Hall–Kier alpha value is -1.39. The van der Waals surface area contributed by atoms with Gasteiger partial charge in [-0.25, -0.2) is 0 Å². The fraction of sp³-hybridized carbons (Fsp3) is 0.588. The third kappa shape index (κ3) is 3.44. The van der Waals surface area contributed by atoms with Crippen molar-refractivity contribution in [2.24, 2.45) is 11.1 Å². The Kier molecular flexibility index (Phi) is 4.69. The zero-order chi connectivity index (χ0) is 15.5. The number of nitrogens with two attached hydrogens (primary N) is 1. The second kappa shape index (κ2) is 6.16. The lowest BCUT2D eigenvalue weighted by Gasteiger charge is -2.43. The maximum atomic E-state index is 12.2. The number of likely N-dealkylation sites (N-methyl/N-ethyl adjacent to an activating group) is 1. The smallest absolute Gasteiger partial charge is 0.243 e. The van der Waals surface area contributed by atoms with Crippen molar-refractivity contribution < 1.29 is 4.79 Å². The Morgan fingerprint density at radius 1 is 1.38 bits per heavy atom. The number of benzene rings is 1. The van der Waals surface area contributed by atoms with Crippen molar-refractivity contribution in [3.8, 4) is 0 Å². The van der Waals surface area contributed by atoms with Crippen LogP contribution in [0.4, 0.5) is 0 Å². The normalized spacial score (nSPS) is 21.7. The lowest BCUT2D eigenvalue weighted by atomic mass is 9.82. The Balaban J connectivity index is 2.27. The summed E-state index contributed by atoms with van der Waals surface area (Å²) in [6.45, 7) is 7.20. The molecule has 4 heteroatoms. The van der Waals surface area contributed by atoms with Gasteiger partial charge < -0.3 is 16.0 Å². The number of hydrogen-bond donors (Lipinski definition) is 2. The van der Waals surface area contributed by atoms with Crippen LogP contribution in [0.5, 0.6) is 0 Å². The van der Waals surface area contributed by atoms with Gasteiger partial charge in [-0.05, 0) is 37.4 Å². The Morgan fingerprint density at radius 3 is 2.57 bits per heavy atom. The molecule has 1 aliphatic heterocycles. The van der Waals surface area contributed by atoms with Gasteiger partial charge in [-0.1, -0.05) is 44.2 Å². The van der Waals surface area contributed by atoms with Crippen molar-refractivity contribution in [1.29, 1.82) is 0 Å². The molecule has 1 unspecified atom stereocenters. The Bertz CT molecular complexity index is 486. The SMILES string of the molecule is CNC(CN1CCCC(C)(C)C1)(C(N)=O)c1ccccc1. The second-order valence-corrected chi connectivity index (χ2v) is 6.86. The summed E-state index contributed by atoms with van der Waals surface area (Å²) >= 11 is 0. The van der Waals surface area contributed by atoms with E-state index in [4.69, 9.17) is 5.73 Å². The van der Waals surface area contributed by atoms with Crippen molar-refractivity contribution in [3.05, 3.63) is 35.9 Å². The summed E-state index contributed by atoms with van der Waals surface area (Å²) in [6.07, 6.45) is 2.40. The van der Waals surface area contributed by atoms with E-state index >= 15 is 0 Å². The molecule has 1 aromatic rings. The second-order valence-electron chi connectivity index (χ2n) is 6.86. The highest BCUT2D eigenvalue weighted by Gasteiger charge is 2.40. The lowest BCUT2D eigenvalue weighted by molar-refractivity contribution is -0.126. The van der Waals surface area contributed by atoms with Gasteiger partial charge in [0.25, 0.3) is 0 Å². The van der Waals surface area contributed by atoms with Gasteiger partial charge in [0.1, 0.15) is 5.54 Å². The van der Waals surface area contributed by atoms with E-state index in [9.17, 15) is 4.79 Å². The predicted molar refractivity (Wildman–Crippen MR) is 85.8 cm³/mol. The van der Waals surface area contributed by atoms with Gasteiger partial charge in [0.15, 0.2) is 0 Å². The zero-order valence-corrected chi connectivity index (χ0v) is 13.4. The summed E-state index contributed by atoms with van der Waals surface area (Å²) in [5, 5.41) is 3.19. The number of nitrogens with zero attached hydrogens (tertiary/aromatic N) is 1. The van der Waals surface area contributed by atoms with Crippen LogP contribution in [0.25, 0.3) is 0 Å². The van der Waals surface area contributed by atoms with Crippen molar-refractivity contribution in [2.75, 3.05) is 26.7 Å². The molecule has 1 saturated heterocycles.